The van der Waals surface area contributed by atoms with Crippen LogP contribution in [-0.2, 0) is 4.79 Å². The Balaban J connectivity index is 2.16. The maximum absolute atomic E-state index is 12.4. The number of phenolic OH excluding ortho intramolecular Hbond substituents is 2. The first-order valence-electron chi connectivity index (χ1n) is 6.46. The van der Waals surface area contributed by atoms with Gasteiger partial charge < -0.3 is 20.2 Å². The Kier molecular flexibility index (Phi) is 3.83. The highest BCUT2D eigenvalue weighted by atomic mass is 16.4. The third kappa shape index (κ3) is 2.68. The van der Waals surface area contributed by atoms with Crippen LogP contribution in [0.2, 0.25) is 0 Å². The molecule has 1 aromatic rings. The fourth-order valence-electron chi connectivity index (χ4n) is 2.55. The number of hydrogen-bond donors (Lipinski definition) is 3. The SMILES string of the molecule is CC1CC(C(=O)O)CCN1C(=O)c1ccc(O)cc1O. The molecule has 1 heterocycles. The van der Waals surface area contributed by atoms with Crippen molar-refractivity contribution in [1.82, 2.24) is 4.90 Å². The van der Waals surface area contributed by atoms with Crippen molar-refractivity contribution in [2.45, 2.75) is 25.8 Å². The summed E-state index contributed by atoms with van der Waals surface area (Å²) in [6.45, 7) is 2.14. The summed E-state index contributed by atoms with van der Waals surface area (Å²) in [5.74, 6) is -2.00. The first-order chi connectivity index (χ1) is 9.40. The van der Waals surface area contributed by atoms with E-state index in [1.165, 1.54) is 12.1 Å². The van der Waals surface area contributed by atoms with E-state index in [1.807, 2.05) is 0 Å². The highest BCUT2D eigenvalue weighted by Gasteiger charge is 2.33. The summed E-state index contributed by atoms with van der Waals surface area (Å²) >= 11 is 0. The van der Waals surface area contributed by atoms with Gasteiger partial charge in [-0.2, -0.15) is 0 Å². The minimum absolute atomic E-state index is 0.114. The number of rotatable bonds is 2. The van der Waals surface area contributed by atoms with Crippen molar-refractivity contribution in [2.75, 3.05) is 6.54 Å². The van der Waals surface area contributed by atoms with E-state index in [0.29, 0.717) is 19.4 Å². The van der Waals surface area contributed by atoms with E-state index in [1.54, 1.807) is 11.8 Å². The number of hydrogen-bond acceptors (Lipinski definition) is 4. The van der Waals surface area contributed by atoms with Gasteiger partial charge in [0.25, 0.3) is 5.91 Å². The molecule has 0 spiro atoms. The third-order valence-corrected chi connectivity index (χ3v) is 3.70. The Bertz CT molecular complexity index is 542. The average molecular weight is 279 g/mol. The van der Waals surface area contributed by atoms with Gasteiger partial charge in [0.05, 0.1) is 11.5 Å². The molecule has 2 rings (SSSR count). The van der Waals surface area contributed by atoms with Gasteiger partial charge in [0.1, 0.15) is 11.5 Å². The van der Waals surface area contributed by atoms with Gasteiger partial charge >= 0.3 is 5.97 Å². The Morgan fingerprint density at radius 1 is 1.30 bits per heavy atom. The molecule has 1 saturated heterocycles. The van der Waals surface area contributed by atoms with Crippen molar-refractivity contribution in [3.05, 3.63) is 23.8 Å². The van der Waals surface area contributed by atoms with E-state index in [-0.39, 0.29) is 29.0 Å². The summed E-state index contributed by atoms with van der Waals surface area (Å²) in [5.41, 5.74) is 0.114. The van der Waals surface area contributed by atoms with Gasteiger partial charge in [-0.1, -0.05) is 0 Å². The Hall–Kier alpha value is -2.24. The lowest BCUT2D eigenvalue weighted by molar-refractivity contribution is -0.143. The molecule has 1 aliphatic heterocycles. The summed E-state index contributed by atoms with van der Waals surface area (Å²) < 4.78 is 0. The van der Waals surface area contributed by atoms with E-state index in [9.17, 15) is 19.8 Å². The zero-order chi connectivity index (χ0) is 14.9. The number of carbonyl (C=O) groups is 2. The Morgan fingerprint density at radius 2 is 2.00 bits per heavy atom. The second-order valence-electron chi connectivity index (χ2n) is 5.11. The van der Waals surface area contributed by atoms with Gasteiger partial charge in [-0.15, -0.1) is 0 Å². The summed E-state index contributed by atoms with van der Waals surface area (Å²) in [6.07, 6.45) is 0.810. The summed E-state index contributed by atoms with van der Waals surface area (Å²) in [6, 6.07) is 3.61. The monoisotopic (exact) mass is 279 g/mol. The van der Waals surface area contributed by atoms with Crippen LogP contribution in [0.15, 0.2) is 18.2 Å². The lowest BCUT2D eigenvalue weighted by Crippen LogP contribution is -2.46. The van der Waals surface area contributed by atoms with Crippen LogP contribution < -0.4 is 0 Å². The van der Waals surface area contributed by atoms with Crippen LogP contribution >= 0.6 is 0 Å². The van der Waals surface area contributed by atoms with Gasteiger partial charge in [0.15, 0.2) is 0 Å². The number of benzene rings is 1. The Morgan fingerprint density at radius 3 is 2.55 bits per heavy atom. The second kappa shape index (κ2) is 5.40. The van der Waals surface area contributed by atoms with Gasteiger partial charge in [0, 0.05) is 18.7 Å². The molecule has 0 bridgehead atoms. The number of carboxylic acids is 1. The van der Waals surface area contributed by atoms with Crippen molar-refractivity contribution in [3.8, 4) is 11.5 Å². The molecule has 108 valence electrons. The van der Waals surface area contributed by atoms with Gasteiger partial charge in [0.2, 0.25) is 0 Å². The van der Waals surface area contributed by atoms with Crippen LogP contribution in [0, 0.1) is 5.92 Å². The Labute approximate surface area is 116 Å². The van der Waals surface area contributed by atoms with Crippen LogP contribution in [0.25, 0.3) is 0 Å². The molecule has 0 radical (unpaired) electrons. The highest BCUT2D eigenvalue weighted by Crippen LogP contribution is 2.28. The van der Waals surface area contributed by atoms with Crippen LogP contribution in [-0.4, -0.2) is 44.7 Å². The average Bonchev–Trinajstić information content (AvgIpc) is 2.37. The van der Waals surface area contributed by atoms with Gasteiger partial charge in [-0.05, 0) is 31.9 Å². The smallest absolute Gasteiger partial charge is 0.306 e. The molecule has 2 atom stereocenters. The third-order valence-electron chi connectivity index (χ3n) is 3.70. The number of aromatic hydroxyl groups is 2. The molecule has 6 nitrogen and oxygen atoms in total. The molecule has 3 N–H and O–H groups in total. The van der Waals surface area contributed by atoms with Crippen LogP contribution in [0.1, 0.15) is 30.1 Å². The minimum atomic E-state index is -0.837. The number of amides is 1. The van der Waals surface area contributed by atoms with E-state index in [4.69, 9.17) is 5.11 Å². The number of aliphatic carboxylic acids is 1. The molecular formula is C14H17NO5. The molecule has 20 heavy (non-hydrogen) atoms. The predicted molar refractivity (Wildman–Crippen MR) is 70.6 cm³/mol. The normalized spacial score (nSPS) is 22.6. The fourth-order valence-corrected chi connectivity index (χ4v) is 2.55. The number of nitrogens with zero attached hydrogens (tertiary/aromatic N) is 1. The van der Waals surface area contributed by atoms with Crippen LogP contribution in [0.5, 0.6) is 11.5 Å². The lowest BCUT2D eigenvalue weighted by atomic mass is 9.91. The first-order valence-corrected chi connectivity index (χ1v) is 6.46. The molecule has 0 aromatic heterocycles. The zero-order valence-corrected chi connectivity index (χ0v) is 11.1. The van der Waals surface area contributed by atoms with E-state index >= 15 is 0 Å². The molecular weight excluding hydrogens is 262 g/mol. The number of carbonyl (C=O) groups excluding carboxylic acids is 1. The number of piperidine rings is 1. The summed E-state index contributed by atoms with van der Waals surface area (Å²) in [4.78, 5) is 24.9. The van der Waals surface area contributed by atoms with E-state index < -0.39 is 11.9 Å². The van der Waals surface area contributed by atoms with Crippen molar-refractivity contribution in [3.63, 3.8) is 0 Å². The quantitative estimate of drug-likeness (QED) is 0.760. The molecule has 6 heteroatoms. The molecule has 1 amide bonds. The largest absolute Gasteiger partial charge is 0.508 e. The van der Waals surface area contributed by atoms with E-state index in [0.717, 1.165) is 6.07 Å². The molecule has 0 saturated carbocycles. The number of carboxylic acid groups (broad SMARTS) is 1. The van der Waals surface area contributed by atoms with Gasteiger partial charge in [-0.3, -0.25) is 9.59 Å². The molecule has 1 fully saturated rings. The van der Waals surface area contributed by atoms with Crippen molar-refractivity contribution in [2.24, 2.45) is 5.92 Å². The number of likely N-dealkylation sites (tertiary alicyclic amines) is 1. The maximum atomic E-state index is 12.4. The molecule has 1 aliphatic rings. The maximum Gasteiger partial charge on any atom is 0.306 e. The first kappa shape index (κ1) is 14.2. The molecule has 0 aliphatic carbocycles. The van der Waals surface area contributed by atoms with Crippen molar-refractivity contribution in [1.29, 1.82) is 0 Å². The number of phenols is 2. The molecule has 1 aromatic carbocycles. The minimum Gasteiger partial charge on any atom is -0.508 e. The zero-order valence-electron chi connectivity index (χ0n) is 11.1. The summed E-state index contributed by atoms with van der Waals surface area (Å²) in [5, 5.41) is 27.9. The topological polar surface area (TPSA) is 98.1 Å². The second-order valence-corrected chi connectivity index (χ2v) is 5.11. The van der Waals surface area contributed by atoms with Crippen LogP contribution in [0.4, 0.5) is 0 Å². The van der Waals surface area contributed by atoms with Crippen molar-refractivity contribution >= 4 is 11.9 Å². The predicted octanol–water partition coefficient (Wildman–Crippen LogP) is 1.42. The van der Waals surface area contributed by atoms with E-state index in [2.05, 4.69) is 0 Å². The van der Waals surface area contributed by atoms with Gasteiger partial charge in [-0.25, -0.2) is 0 Å². The fraction of sp³-hybridized carbons (Fsp3) is 0.429. The lowest BCUT2D eigenvalue weighted by Gasteiger charge is -2.36. The van der Waals surface area contributed by atoms with Crippen LogP contribution in [0.3, 0.4) is 0 Å². The summed E-state index contributed by atoms with van der Waals surface area (Å²) in [7, 11) is 0. The standard InChI is InChI=1S/C14H17NO5/c1-8-6-9(14(19)20)4-5-15(8)13(18)11-3-2-10(16)7-12(11)17/h2-3,7-9,16-17H,4-6H2,1H3,(H,19,20). The molecule has 2 unspecified atom stereocenters. The highest BCUT2D eigenvalue weighted by molar-refractivity contribution is 5.97. The van der Waals surface area contributed by atoms with Crippen molar-refractivity contribution < 1.29 is 24.9 Å².